The van der Waals surface area contributed by atoms with Crippen LogP contribution in [0, 0.1) is 5.92 Å². The molecule has 2 aromatic rings. The highest BCUT2D eigenvalue weighted by Crippen LogP contribution is 2.29. The van der Waals surface area contributed by atoms with Crippen molar-refractivity contribution in [1.82, 2.24) is 10.1 Å². The SMILES string of the molecule is c1ccc2c(OCCC3CCN(C4CCCCC4)CC3)noc2c1. The maximum atomic E-state index is 5.89. The first-order valence-corrected chi connectivity index (χ1v) is 9.61. The highest BCUT2D eigenvalue weighted by Gasteiger charge is 2.26. The maximum Gasteiger partial charge on any atom is 0.262 e. The third-order valence-corrected chi connectivity index (χ3v) is 5.85. The van der Waals surface area contributed by atoms with Crippen molar-refractivity contribution in [2.75, 3.05) is 19.7 Å². The number of likely N-dealkylation sites (tertiary alicyclic amines) is 1. The smallest absolute Gasteiger partial charge is 0.262 e. The Hall–Kier alpha value is -1.55. The van der Waals surface area contributed by atoms with Gasteiger partial charge in [0.05, 0.1) is 12.0 Å². The Morgan fingerprint density at radius 3 is 2.67 bits per heavy atom. The molecule has 1 aliphatic heterocycles. The first kappa shape index (κ1) is 15.9. The molecule has 0 N–H and O–H groups in total. The van der Waals surface area contributed by atoms with Crippen LogP contribution in [-0.2, 0) is 0 Å². The van der Waals surface area contributed by atoms with Gasteiger partial charge in [0.1, 0.15) is 0 Å². The van der Waals surface area contributed by atoms with Gasteiger partial charge in [-0.25, -0.2) is 0 Å². The number of rotatable bonds is 5. The van der Waals surface area contributed by atoms with Crippen LogP contribution in [0.5, 0.6) is 5.88 Å². The van der Waals surface area contributed by atoms with Crippen molar-refractivity contribution < 1.29 is 9.26 Å². The van der Waals surface area contributed by atoms with Crippen LogP contribution in [0.15, 0.2) is 28.8 Å². The molecule has 4 rings (SSSR count). The molecule has 1 aliphatic carbocycles. The van der Waals surface area contributed by atoms with Crippen molar-refractivity contribution in [3.8, 4) is 5.88 Å². The number of para-hydroxylation sites is 1. The zero-order valence-electron chi connectivity index (χ0n) is 14.5. The average Bonchev–Trinajstić information content (AvgIpc) is 3.06. The molecule has 0 atom stereocenters. The molecule has 4 nitrogen and oxygen atoms in total. The Bertz CT molecular complexity index is 640. The average molecular weight is 328 g/mol. The van der Waals surface area contributed by atoms with E-state index in [1.807, 2.05) is 24.3 Å². The molecule has 2 fully saturated rings. The van der Waals surface area contributed by atoms with Crippen molar-refractivity contribution >= 4 is 11.0 Å². The molecule has 4 heteroatoms. The number of hydrogen-bond acceptors (Lipinski definition) is 4. The van der Waals surface area contributed by atoms with Gasteiger partial charge in [-0.05, 0) is 68.4 Å². The molecule has 0 spiro atoms. The van der Waals surface area contributed by atoms with Gasteiger partial charge in [-0.2, -0.15) is 0 Å². The summed E-state index contributed by atoms with van der Waals surface area (Å²) in [7, 11) is 0. The fourth-order valence-electron chi connectivity index (χ4n) is 4.34. The van der Waals surface area contributed by atoms with E-state index in [2.05, 4.69) is 10.1 Å². The number of aromatic nitrogens is 1. The van der Waals surface area contributed by atoms with Crippen molar-refractivity contribution in [3.05, 3.63) is 24.3 Å². The van der Waals surface area contributed by atoms with Gasteiger partial charge in [0.2, 0.25) is 0 Å². The third-order valence-electron chi connectivity index (χ3n) is 5.85. The second kappa shape index (κ2) is 7.56. The molecule has 0 unspecified atom stereocenters. The van der Waals surface area contributed by atoms with Gasteiger partial charge in [-0.15, -0.1) is 0 Å². The Balaban J connectivity index is 1.21. The van der Waals surface area contributed by atoms with E-state index in [-0.39, 0.29) is 0 Å². The van der Waals surface area contributed by atoms with Crippen molar-refractivity contribution in [2.24, 2.45) is 5.92 Å². The molecule has 2 heterocycles. The summed E-state index contributed by atoms with van der Waals surface area (Å²) in [5.41, 5.74) is 0.799. The summed E-state index contributed by atoms with van der Waals surface area (Å²) >= 11 is 0. The maximum absolute atomic E-state index is 5.89. The summed E-state index contributed by atoms with van der Waals surface area (Å²) in [5.74, 6) is 1.44. The molecule has 24 heavy (non-hydrogen) atoms. The van der Waals surface area contributed by atoms with Crippen LogP contribution in [0.25, 0.3) is 11.0 Å². The number of benzene rings is 1. The van der Waals surface area contributed by atoms with Gasteiger partial charge in [0, 0.05) is 6.04 Å². The van der Waals surface area contributed by atoms with E-state index in [0.717, 1.165) is 36.0 Å². The topological polar surface area (TPSA) is 38.5 Å². The van der Waals surface area contributed by atoms with Crippen LogP contribution >= 0.6 is 0 Å². The highest BCUT2D eigenvalue weighted by molar-refractivity contribution is 5.81. The molecule has 1 saturated carbocycles. The molecular formula is C20H28N2O2. The first-order valence-electron chi connectivity index (χ1n) is 9.61. The first-order chi connectivity index (χ1) is 11.9. The lowest BCUT2D eigenvalue weighted by atomic mass is 9.89. The highest BCUT2D eigenvalue weighted by atomic mass is 16.5. The van der Waals surface area contributed by atoms with Gasteiger partial charge in [-0.3, -0.25) is 0 Å². The van der Waals surface area contributed by atoms with Crippen LogP contribution in [0.3, 0.4) is 0 Å². The van der Waals surface area contributed by atoms with Crippen LogP contribution in [-0.4, -0.2) is 35.8 Å². The second-order valence-corrected chi connectivity index (χ2v) is 7.39. The normalized spacial score (nSPS) is 21.3. The lowest BCUT2D eigenvalue weighted by molar-refractivity contribution is 0.0986. The van der Waals surface area contributed by atoms with Crippen molar-refractivity contribution in [2.45, 2.75) is 57.4 Å². The third kappa shape index (κ3) is 3.59. The quantitative estimate of drug-likeness (QED) is 0.801. The lowest BCUT2D eigenvalue weighted by Crippen LogP contribution is -2.42. The zero-order valence-corrected chi connectivity index (χ0v) is 14.5. The summed E-state index contributed by atoms with van der Waals surface area (Å²) in [5, 5.41) is 5.02. The standard InChI is InChI=1S/C20H28N2O2/c1-2-6-17(7-3-1)22-13-10-16(11-14-22)12-15-23-20-18-8-4-5-9-19(18)24-21-20/h4-5,8-9,16-17H,1-3,6-7,10-15H2. The van der Waals surface area contributed by atoms with Gasteiger partial charge in [0.25, 0.3) is 5.88 Å². The molecule has 2 aliphatic rings. The molecule has 130 valence electrons. The van der Waals surface area contributed by atoms with Crippen LogP contribution < -0.4 is 4.74 Å². The molecular weight excluding hydrogens is 300 g/mol. The molecule has 1 aromatic carbocycles. The second-order valence-electron chi connectivity index (χ2n) is 7.39. The summed E-state index contributed by atoms with van der Waals surface area (Å²) in [6.07, 6.45) is 10.9. The minimum Gasteiger partial charge on any atom is -0.475 e. The van der Waals surface area contributed by atoms with E-state index >= 15 is 0 Å². The van der Waals surface area contributed by atoms with E-state index in [0.29, 0.717) is 5.88 Å². The minimum absolute atomic E-state index is 0.644. The lowest BCUT2D eigenvalue weighted by Gasteiger charge is -2.39. The van der Waals surface area contributed by atoms with E-state index in [1.165, 1.54) is 58.0 Å². The number of ether oxygens (including phenoxy) is 1. The summed E-state index contributed by atoms with van der Waals surface area (Å²) in [6.45, 7) is 3.30. The zero-order chi connectivity index (χ0) is 16.2. The van der Waals surface area contributed by atoms with E-state index < -0.39 is 0 Å². The van der Waals surface area contributed by atoms with E-state index in [9.17, 15) is 0 Å². The molecule has 1 saturated heterocycles. The molecule has 0 radical (unpaired) electrons. The Kier molecular flexibility index (Phi) is 5.02. The van der Waals surface area contributed by atoms with Gasteiger partial charge in [0.15, 0.2) is 5.58 Å². The van der Waals surface area contributed by atoms with Crippen LogP contribution in [0.1, 0.15) is 51.4 Å². The van der Waals surface area contributed by atoms with Crippen LogP contribution in [0.2, 0.25) is 0 Å². The van der Waals surface area contributed by atoms with Gasteiger partial charge in [-0.1, -0.05) is 31.4 Å². The fraction of sp³-hybridized carbons (Fsp3) is 0.650. The predicted octanol–water partition coefficient (Wildman–Crippen LogP) is 4.64. The Morgan fingerprint density at radius 1 is 1.04 bits per heavy atom. The number of hydrogen-bond donors (Lipinski definition) is 0. The molecule has 0 amide bonds. The van der Waals surface area contributed by atoms with E-state index in [4.69, 9.17) is 9.26 Å². The number of nitrogens with zero attached hydrogens (tertiary/aromatic N) is 2. The molecule has 1 aromatic heterocycles. The number of piperidine rings is 1. The Morgan fingerprint density at radius 2 is 1.83 bits per heavy atom. The fourth-order valence-corrected chi connectivity index (χ4v) is 4.34. The predicted molar refractivity (Wildman–Crippen MR) is 95.3 cm³/mol. The largest absolute Gasteiger partial charge is 0.475 e. The summed E-state index contributed by atoms with van der Waals surface area (Å²) in [4.78, 5) is 2.75. The van der Waals surface area contributed by atoms with Crippen molar-refractivity contribution in [3.63, 3.8) is 0 Å². The Labute approximate surface area is 144 Å². The van der Waals surface area contributed by atoms with Gasteiger partial charge >= 0.3 is 0 Å². The molecule has 0 bridgehead atoms. The van der Waals surface area contributed by atoms with Gasteiger partial charge < -0.3 is 14.2 Å². The summed E-state index contributed by atoms with van der Waals surface area (Å²) < 4.78 is 11.2. The van der Waals surface area contributed by atoms with Crippen molar-refractivity contribution in [1.29, 1.82) is 0 Å². The summed E-state index contributed by atoms with van der Waals surface area (Å²) in [6, 6.07) is 8.75. The number of fused-ring (bicyclic) bond motifs is 1. The van der Waals surface area contributed by atoms with Crippen LogP contribution in [0.4, 0.5) is 0 Å². The minimum atomic E-state index is 0.644. The van der Waals surface area contributed by atoms with E-state index in [1.54, 1.807) is 0 Å². The monoisotopic (exact) mass is 328 g/mol.